The van der Waals surface area contributed by atoms with Crippen molar-refractivity contribution in [3.05, 3.63) is 70.9 Å². The van der Waals surface area contributed by atoms with Gasteiger partial charge in [0.05, 0.1) is 23.9 Å². The average Bonchev–Trinajstić information content (AvgIpc) is 3.69. The van der Waals surface area contributed by atoms with Crippen molar-refractivity contribution in [3.63, 3.8) is 0 Å². The van der Waals surface area contributed by atoms with Crippen LogP contribution in [-0.4, -0.2) is 44.3 Å². The zero-order valence-corrected chi connectivity index (χ0v) is 38.6. The molecule has 60 heavy (non-hydrogen) atoms. The molecule has 0 saturated heterocycles. The van der Waals surface area contributed by atoms with E-state index in [0.717, 1.165) is 72.8 Å². The lowest BCUT2D eigenvalue weighted by molar-refractivity contribution is 0.0596. The molecule has 0 aliphatic heterocycles. The van der Waals surface area contributed by atoms with Gasteiger partial charge in [0.25, 0.3) is 0 Å². The Kier molecular flexibility index (Phi) is 20.0. The van der Waals surface area contributed by atoms with Crippen LogP contribution in [0.4, 0.5) is 0 Å². The molecule has 0 heterocycles. The van der Waals surface area contributed by atoms with Crippen LogP contribution in [0.15, 0.2) is 70.9 Å². The Morgan fingerprint density at radius 3 is 1.68 bits per heavy atom. The minimum atomic E-state index is -0.615. The zero-order valence-electron chi connectivity index (χ0n) is 38.6. The highest BCUT2D eigenvalue weighted by atomic mass is 16.3. The largest absolute Gasteiger partial charge is 0.393 e. The molecule has 344 valence electrons. The fourth-order valence-electron chi connectivity index (χ4n) is 13.4. The van der Waals surface area contributed by atoms with Crippen LogP contribution in [0, 0.1) is 52.3 Å². The molecule has 4 heteroatoms. The Morgan fingerprint density at radius 1 is 0.667 bits per heavy atom. The molecule has 6 saturated carbocycles. The predicted molar refractivity (Wildman–Crippen MR) is 259 cm³/mol. The smallest absolute Gasteiger partial charge is 0.0811 e. The van der Waals surface area contributed by atoms with Gasteiger partial charge in [-0.25, -0.2) is 0 Å². The molecule has 6 aliphatic carbocycles. The van der Waals surface area contributed by atoms with Gasteiger partial charge in [0.2, 0.25) is 0 Å². The molecule has 6 aliphatic rings. The molecular weight excluding hydrogens is 737 g/mol. The Balaban J connectivity index is 0.000000311. The second-order valence-corrected chi connectivity index (χ2v) is 22.2. The summed E-state index contributed by atoms with van der Waals surface area (Å²) in [6.07, 6.45) is 32.1. The van der Waals surface area contributed by atoms with Crippen molar-refractivity contribution in [3.8, 4) is 0 Å². The third-order valence-corrected chi connectivity index (χ3v) is 16.8. The molecule has 0 aromatic rings. The van der Waals surface area contributed by atoms with Crippen LogP contribution >= 0.6 is 0 Å². The van der Waals surface area contributed by atoms with E-state index in [1.807, 2.05) is 13.8 Å². The molecule has 4 nitrogen and oxygen atoms in total. The lowest BCUT2D eigenvalue weighted by atomic mass is 9.60. The monoisotopic (exact) mass is 833 g/mol. The highest BCUT2D eigenvalue weighted by molar-refractivity contribution is 5.39. The molecule has 0 aromatic heterocycles. The van der Waals surface area contributed by atoms with Crippen molar-refractivity contribution in [2.45, 2.75) is 229 Å². The lowest BCUT2D eigenvalue weighted by Gasteiger charge is -2.44. The minimum Gasteiger partial charge on any atom is -0.393 e. The van der Waals surface area contributed by atoms with E-state index in [2.05, 4.69) is 79.0 Å². The summed E-state index contributed by atoms with van der Waals surface area (Å²) in [7, 11) is 0. The molecule has 0 unspecified atom stereocenters. The van der Waals surface area contributed by atoms with Crippen LogP contribution in [0.1, 0.15) is 205 Å². The Bertz CT molecular complexity index is 1520. The van der Waals surface area contributed by atoms with Crippen LogP contribution in [0.2, 0.25) is 0 Å². The van der Waals surface area contributed by atoms with Gasteiger partial charge < -0.3 is 20.4 Å². The zero-order chi connectivity index (χ0) is 42.4. The molecule has 0 radical (unpaired) electrons. The number of aliphatic hydroxyl groups excluding tert-OH is 3. The van der Waals surface area contributed by atoms with Crippen molar-refractivity contribution in [1.29, 1.82) is 0 Å². The van der Waals surface area contributed by atoms with E-state index in [1.165, 1.54) is 101 Å². The molecule has 4 N–H and O–H groups in total. The first kappa shape index (κ1) is 52.6. The van der Waals surface area contributed by atoms with Crippen molar-refractivity contribution in [2.24, 2.45) is 52.3 Å². The SMILES string of the molecule is C.C.C=C1/C(=C\C=C2/CCC[C@]3(C)[C@@H]([C@H](C)CCCC(C)(C)O)CC[C@@H]23)C[C@@H](O)C[C@@H]1O.C=C1CC[C@H](O)C/C1=C/C=C1\CCC[C@]2(C)[C@@H]([C@H](C)CCCC(C)C)CC[C@@H]12. The van der Waals surface area contributed by atoms with Crippen molar-refractivity contribution in [2.75, 3.05) is 0 Å². The van der Waals surface area contributed by atoms with Crippen LogP contribution in [0.3, 0.4) is 0 Å². The molecular formula is C56H96O4. The van der Waals surface area contributed by atoms with Gasteiger partial charge >= 0.3 is 0 Å². The van der Waals surface area contributed by atoms with E-state index in [9.17, 15) is 20.4 Å². The standard InChI is InChI=1S/C27H44O3.C27H44O.2CH4/c1-18(8-6-14-26(3,4)30)23-12-13-24-20(9-7-15-27(23,24)5)10-11-21-16-22(28)17-25(29)19(21)2;1-19(2)8-6-9-21(4)25-15-16-26-22(10-7-17-27(25,26)5)12-13-23-18-24(28)14-11-20(23)3;;/h10-11,18,22-25,28-30H,2,6-9,12-17H2,1,3-5H3;12-13,19,21,24-26,28H,3,6-11,14-18H2,1-2,4-5H3;2*1H4/b20-10+,21-11-;22-12+,23-13-;;/t18-,22-,23-,24+,25+,27-;21-,24+,25-,26+,27-;;/m11../s1. The summed E-state index contributed by atoms with van der Waals surface area (Å²) in [5.74, 6) is 5.48. The van der Waals surface area contributed by atoms with E-state index in [4.69, 9.17) is 0 Å². The van der Waals surface area contributed by atoms with Gasteiger partial charge in [-0.1, -0.05) is 143 Å². The molecule has 0 bridgehead atoms. The van der Waals surface area contributed by atoms with Gasteiger partial charge in [-0.3, -0.25) is 0 Å². The second kappa shape index (κ2) is 22.8. The van der Waals surface area contributed by atoms with Gasteiger partial charge in [-0.15, -0.1) is 0 Å². The Morgan fingerprint density at radius 2 is 1.17 bits per heavy atom. The van der Waals surface area contributed by atoms with Crippen molar-refractivity contribution >= 4 is 0 Å². The first-order valence-corrected chi connectivity index (χ1v) is 24.3. The topological polar surface area (TPSA) is 80.9 Å². The summed E-state index contributed by atoms with van der Waals surface area (Å²) in [5, 5.41) is 40.2. The maximum absolute atomic E-state index is 10.1. The quantitative estimate of drug-likeness (QED) is 0.158. The van der Waals surface area contributed by atoms with Crippen LogP contribution < -0.4 is 0 Å². The fourth-order valence-corrected chi connectivity index (χ4v) is 13.4. The summed E-state index contributed by atoms with van der Waals surface area (Å²) in [6, 6.07) is 0. The Hall–Kier alpha value is -1.72. The second-order valence-electron chi connectivity index (χ2n) is 22.2. The number of aliphatic hydroxyl groups is 4. The van der Waals surface area contributed by atoms with E-state index in [-0.39, 0.29) is 21.0 Å². The average molecular weight is 833 g/mol. The first-order chi connectivity index (χ1) is 27.3. The van der Waals surface area contributed by atoms with Gasteiger partial charge in [-0.05, 0) is 179 Å². The third-order valence-electron chi connectivity index (χ3n) is 16.8. The van der Waals surface area contributed by atoms with Gasteiger partial charge in [0.1, 0.15) is 0 Å². The summed E-state index contributed by atoms with van der Waals surface area (Å²) in [5.41, 5.74) is 7.88. The summed E-state index contributed by atoms with van der Waals surface area (Å²) < 4.78 is 0. The summed E-state index contributed by atoms with van der Waals surface area (Å²) in [6.45, 7) is 26.9. The van der Waals surface area contributed by atoms with E-state index >= 15 is 0 Å². The third kappa shape index (κ3) is 13.2. The Labute approximate surface area is 371 Å². The van der Waals surface area contributed by atoms with E-state index in [1.54, 1.807) is 11.1 Å². The molecule has 0 amide bonds. The number of rotatable bonds is 12. The lowest BCUT2D eigenvalue weighted by Crippen LogP contribution is -2.36. The normalized spacial score (nSPS) is 37.0. The molecule has 0 spiro atoms. The van der Waals surface area contributed by atoms with Crippen LogP contribution in [-0.2, 0) is 0 Å². The number of allylic oxidation sites excluding steroid dienone is 7. The summed E-state index contributed by atoms with van der Waals surface area (Å²) >= 11 is 0. The minimum absolute atomic E-state index is 0. The number of hydrogen-bond donors (Lipinski definition) is 4. The fraction of sp³-hybridized carbons (Fsp3) is 0.786. The van der Waals surface area contributed by atoms with Gasteiger partial charge in [-0.2, -0.15) is 0 Å². The van der Waals surface area contributed by atoms with Crippen LogP contribution in [0.25, 0.3) is 0 Å². The van der Waals surface area contributed by atoms with Gasteiger partial charge in [0.15, 0.2) is 0 Å². The summed E-state index contributed by atoms with van der Waals surface area (Å²) in [4.78, 5) is 0. The highest BCUT2D eigenvalue weighted by Crippen LogP contribution is 2.61. The molecule has 6 fully saturated rings. The van der Waals surface area contributed by atoms with Crippen molar-refractivity contribution in [1.82, 2.24) is 0 Å². The van der Waals surface area contributed by atoms with Gasteiger partial charge in [0, 0.05) is 6.42 Å². The maximum atomic E-state index is 10.1. The first-order valence-electron chi connectivity index (χ1n) is 24.3. The van der Waals surface area contributed by atoms with E-state index in [0.29, 0.717) is 35.5 Å². The predicted octanol–water partition coefficient (Wildman–Crippen LogP) is 14.6. The van der Waals surface area contributed by atoms with Crippen LogP contribution in [0.5, 0.6) is 0 Å². The molecule has 0 aromatic carbocycles. The maximum Gasteiger partial charge on any atom is 0.0811 e. The van der Waals surface area contributed by atoms with E-state index < -0.39 is 17.8 Å². The molecule has 11 atom stereocenters. The number of hydrogen-bond acceptors (Lipinski definition) is 4. The van der Waals surface area contributed by atoms with Crippen molar-refractivity contribution < 1.29 is 20.4 Å². The molecule has 6 rings (SSSR count). The number of fused-ring (bicyclic) bond motifs is 2. The highest BCUT2D eigenvalue weighted by Gasteiger charge is 2.51.